The number of hydrogen-bond donors (Lipinski definition) is 1. The molecule has 6 nitrogen and oxygen atoms in total. The monoisotopic (exact) mass is 262 g/mol. The van der Waals surface area contributed by atoms with Crippen molar-refractivity contribution in [2.75, 3.05) is 6.54 Å². The summed E-state index contributed by atoms with van der Waals surface area (Å²) >= 11 is 0. The van der Waals surface area contributed by atoms with Crippen LogP contribution < -0.4 is 5.32 Å². The van der Waals surface area contributed by atoms with Gasteiger partial charge in [-0.2, -0.15) is 0 Å². The van der Waals surface area contributed by atoms with Crippen molar-refractivity contribution in [3.8, 4) is 0 Å². The molecule has 0 saturated carbocycles. The molecule has 0 spiro atoms. The van der Waals surface area contributed by atoms with Crippen LogP contribution >= 0.6 is 0 Å². The Labute approximate surface area is 112 Å². The van der Waals surface area contributed by atoms with Crippen molar-refractivity contribution in [3.05, 3.63) is 23.8 Å². The van der Waals surface area contributed by atoms with Crippen LogP contribution in [-0.4, -0.2) is 39.3 Å². The van der Waals surface area contributed by atoms with Crippen molar-refractivity contribution < 1.29 is 9.59 Å². The maximum atomic E-state index is 12.3. The van der Waals surface area contributed by atoms with Gasteiger partial charge in [-0.1, -0.05) is 6.92 Å². The number of hydrogen-bond acceptors (Lipinski definition) is 4. The van der Waals surface area contributed by atoms with E-state index in [-0.39, 0.29) is 11.8 Å². The van der Waals surface area contributed by atoms with Crippen molar-refractivity contribution in [2.24, 2.45) is 0 Å². The summed E-state index contributed by atoms with van der Waals surface area (Å²) in [5.74, 6) is 0.576. The van der Waals surface area contributed by atoms with Gasteiger partial charge in [-0.15, -0.1) is 0 Å². The van der Waals surface area contributed by atoms with Gasteiger partial charge in [0.25, 0.3) is 0 Å². The maximum absolute atomic E-state index is 12.3. The lowest BCUT2D eigenvalue weighted by molar-refractivity contribution is -0.134. The van der Waals surface area contributed by atoms with Crippen LogP contribution in [-0.2, 0) is 16.1 Å². The Hall–Kier alpha value is -1.98. The average Bonchev–Trinajstić information content (AvgIpc) is 2.52. The van der Waals surface area contributed by atoms with E-state index < -0.39 is 6.04 Å². The second-order valence-corrected chi connectivity index (χ2v) is 4.63. The van der Waals surface area contributed by atoms with Crippen LogP contribution in [0.3, 0.4) is 0 Å². The number of rotatable bonds is 3. The molecular formula is C13H18N4O2. The highest BCUT2D eigenvalue weighted by Gasteiger charge is 2.28. The molecule has 1 aliphatic rings. The molecule has 102 valence electrons. The van der Waals surface area contributed by atoms with E-state index in [0.717, 1.165) is 5.69 Å². The molecule has 0 bridgehead atoms. The number of nitrogens with one attached hydrogen (secondary N) is 1. The van der Waals surface area contributed by atoms with E-state index >= 15 is 0 Å². The normalized spacial score (nSPS) is 20.1. The summed E-state index contributed by atoms with van der Waals surface area (Å²) in [6.07, 6.45) is 2.62. The van der Waals surface area contributed by atoms with Crippen LogP contribution in [0.25, 0.3) is 0 Å². The summed E-state index contributed by atoms with van der Waals surface area (Å²) in [7, 11) is 0. The van der Waals surface area contributed by atoms with Gasteiger partial charge in [0.15, 0.2) is 0 Å². The van der Waals surface area contributed by atoms with Gasteiger partial charge >= 0.3 is 0 Å². The van der Waals surface area contributed by atoms with Gasteiger partial charge in [-0.3, -0.25) is 9.59 Å². The number of aromatic nitrogens is 2. The SMILES string of the molecule is CCC1NC(=O)CCN(Cc2ccnc(C)n2)C1=O. The van der Waals surface area contributed by atoms with Gasteiger partial charge in [-0.25, -0.2) is 9.97 Å². The second kappa shape index (κ2) is 5.77. The zero-order valence-corrected chi connectivity index (χ0v) is 11.2. The van der Waals surface area contributed by atoms with E-state index in [1.807, 2.05) is 13.8 Å². The molecule has 1 aromatic heterocycles. The van der Waals surface area contributed by atoms with Gasteiger partial charge in [0, 0.05) is 19.2 Å². The number of carbonyl (C=O) groups excluding carboxylic acids is 2. The molecule has 2 amide bonds. The molecule has 1 aliphatic heterocycles. The van der Waals surface area contributed by atoms with Crippen molar-refractivity contribution in [1.29, 1.82) is 0 Å². The first-order valence-electron chi connectivity index (χ1n) is 6.47. The van der Waals surface area contributed by atoms with E-state index in [1.54, 1.807) is 17.2 Å². The minimum absolute atomic E-state index is 0.0374. The largest absolute Gasteiger partial charge is 0.344 e. The highest BCUT2D eigenvalue weighted by atomic mass is 16.2. The van der Waals surface area contributed by atoms with E-state index in [0.29, 0.717) is 31.8 Å². The Morgan fingerprint density at radius 3 is 2.95 bits per heavy atom. The lowest BCUT2D eigenvalue weighted by atomic mass is 10.2. The molecule has 1 aromatic rings. The Balaban J connectivity index is 2.13. The minimum Gasteiger partial charge on any atom is -0.344 e. The summed E-state index contributed by atoms with van der Waals surface area (Å²) in [5.41, 5.74) is 0.796. The van der Waals surface area contributed by atoms with E-state index in [2.05, 4.69) is 15.3 Å². The molecular weight excluding hydrogens is 244 g/mol. The molecule has 19 heavy (non-hydrogen) atoms. The molecule has 6 heteroatoms. The molecule has 2 heterocycles. The molecule has 1 saturated heterocycles. The quantitative estimate of drug-likeness (QED) is 0.856. The Morgan fingerprint density at radius 1 is 1.47 bits per heavy atom. The zero-order valence-electron chi connectivity index (χ0n) is 11.2. The predicted octanol–water partition coefficient (Wildman–Crippen LogP) is 0.412. The highest BCUT2D eigenvalue weighted by molar-refractivity contribution is 5.89. The smallest absolute Gasteiger partial charge is 0.245 e. The highest BCUT2D eigenvalue weighted by Crippen LogP contribution is 2.10. The first-order valence-corrected chi connectivity index (χ1v) is 6.47. The lowest BCUT2D eigenvalue weighted by Crippen LogP contribution is -2.44. The van der Waals surface area contributed by atoms with Crippen LogP contribution in [0.15, 0.2) is 12.3 Å². The fourth-order valence-corrected chi connectivity index (χ4v) is 2.12. The number of amides is 2. The molecule has 1 atom stereocenters. The predicted molar refractivity (Wildman–Crippen MR) is 69.0 cm³/mol. The van der Waals surface area contributed by atoms with Crippen molar-refractivity contribution in [2.45, 2.75) is 39.3 Å². The van der Waals surface area contributed by atoms with Crippen molar-refractivity contribution in [1.82, 2.24) is 20.2 Å². The third-order valence-electron chi connectivity index (χ3n) is 3.15. The minimum atomic E-state index is -0.419. The Bertz CT molecular complexity index is 489. The van der Waals surface area contributed by atoms with E-state index in [4.69, 9.17) is 0 Å². The zero-order chi connectivity index (χ0) is 13.8. The molecule has 1 fully saturated rings. The maximum Gasteiger partial charge on any atom is 0.245 e. The first-order chi connectivity index (χ1) is 9.10. The number of nitrogens with zero attached hydrogens (tertiary/aromatic N) is 3. The molecule has 0 radical (unpaired) electrons. The number of carbonyl (C=O) groups is 2. The van der Waals surface area contributed by atoms with Crippen LogP contribution in [0.5, 0.6) is 0 Å². The average molecular weight is 262 g/mol. The van der Waals surface area contributed by atoms with Crippen molar-refractivity contribution in [3.63, 3.8) is 0 Å². The summed E-state index contributed by atoms with van der Waals surface area (Å²) in [6.45, 7) is 4.56. The summed E-state index contributed by atoms with van der Waals surface area (Å²) in [6, 6.07) is 1.37. The molecule has 0 aliphatic carbocycles. The van der Waals surface area contributed by atoms with Crippen LogP contribution in [0, 0.1) is 6.92 Å². The number of aryl methyl sites for hydroxylation is 1. The van der Waals surface area contributed by atoms with Gasteiger partial charge in [0.1, 0.15) is 11.9 Å². The Kier molecular flexibility index (Phi) is 4.09. The van der Waals surface area contributed by atoms with Crippen molar-refractivity contribution >= 4 is 11.8 Å². The molecule has 2 rings (SSSR count). The standard InChI is InChI=1S/C13H18N4O2/c1-3-11-13(19)17(7-5-12(18)16-11)8-10-4-6-14-9(2)15-10/h4,6,11H,3,5,7-8H2,1-2H3,(H,16,18). The van der Waals surface area contributed by atoms with Crippen LogP contribution in [0.4, 0.5) is 0 Å². The van der Waals surface area contributed by atoms with E-state index in [1.165, 1.54) is 0 Å². The van der Waals surface area contributed by atoms with Crippen LogP contribution in [0.1, 0.15) is 31.3 Å². The fraction of sp³-hybridized carbons (Fsp3) is 0.538. The molecule has 1 N–H and O–H groups in total. The summed E-state index contributed by atoms with van der Waals surface area (Å²) in [4.78, 5) is 33.8. The summed E-state index contributed by atoms with van der Waals surface area (Å²) in [5, 5.41) is 2.74. The third-order valence-corrected chi connectivity index (χ3v) is 3.15. The fourth-order valence-electron chi connectivity index (χ4n) is 2.12. The summed E-state index contributed by atoms with van der Waals surface area (Å²) < 4.78 is 0. The van der Waals surface area contributed by atoms with Gasteiger partial charge in [-0.05, 0) is 19.4 Å². The molecule has 0 aromatic carbocycles. The first kappa shape index (κ1) is 13.5. The lowest BCUT2D eigenvalue weighted by Gasteiger charge is -2.23. The third kappa shape index (κ3) is 3.27. The Morgan fingerprint density at radius 2 is 2.26 bits per heavy atom. The topological polar surface area (TPSA) is 75.2 Å². The second-order valence-electron chi connectivity index (χ2n) is 4.63. The molecule has 1 unspecified atom stereocenters. The van der Waals surface area contributed by atoms with Gasteiger partial charge in [0.2, 0.25) is 11.8 Å². The van der Waals surface area contributed by atoms with Gasteiger partial charge < -0.3 is 10.2 Å². The van der Waals surface area contributed by atoms with Crippen LogP contribution in [0.2, 0.25) is 0 Å². The van der Waals surface area contributed by atoms with E-state index in [9.17, 15) is 9.59 Å². The van der Waals surface area contributed by atoms with Gasteiger partial charge in [0.05, 0.1) is 12.2 Å².